The molecule has 1 heterocycles. The van der Waals surface area contributed by atoms with Crippen LogP contribution in [-0.4, -0.2) is 13.2 Å². The van der Waals surface area contributed by atoms with Crippen molar-refractivity contribution in [2.75, 3.05) is 7.11 Å². The molecule has 1 aliphatic rings. The Morgan fingerprint density at radius 2 is 2.10 bits per heavy atom. The molecule has 21 heavy (non-hydrogen) atoms. The van der Waals surface area contributed by atoms with Crippen LogP contribution in [0.3, 0.4) is 0 Å². The van der Waals surface area contributed by atoms with E-state index in [0.29, 0.717) is 6.04 Å². The SMILES string of the molecule is COc1cccc2cc(CNC(C)C3CCCCC3)oc12. The average molecular weight is 287 g/mol. The van der Waals surface area contributed by atoms with E-state index in [-0.39, 0.29) is 0 Å². The maximum atomic E-state index is 5.94. The Morgan fingerprint density at radius 3 is 2.86 bits per heavy atom. The first kappa shape index (κ1) is 14.5. The largest absolute Gasteiger partial charge is 0.493 e. The average Bonchev–Trinajstić information content (AvgIpc) is 2.96. The van der Waals surface area contributed by atoms with Crippen LogP contribution in [0.25, 0.3) is 11.0 Å². The number of hydrogen-bond acceptors (Lipinski definition) is 3. The Hall–Kier alpha value is -1.48. The summed E-state index contributed by atoms with van der Waals surface area (Å²) in [6.45, 7) is 3.09. The number of para-hydroxylation sites is 1. The quantitative estimate of drug-likeness (QED) is 0.879. The molecule has 0 aliphatic heterocycles. The molecule has 1 fully saturated rings. The van der Waals surface area contributed by atoms with E-state index in [1.807, 2.05) is 12.1 Å². The Kier molecular flexibility index (Phi) is 4.49. The highest BCUT2D eigenvalue weighted by atomic mass is 16.5. The van der Waals surface area contributed by atoms with E-state index in [1.54, 1.807) is 7.11 Å². The van der Waals surface area contributed by atoms with Gasteiger partial charge in [0.05, 0.1) is 13.7 Å². The first-order valence-corrected chi connectivity index (χ1v) is 8.06. The van der Waals surface area contributed by atoms with Gasteiger partial charge >= 0.3 is 0 Å². The van der Waals surface area contributed by atoms with E-state index >= 15 is 0 Å². The highest BCUT2D eigenvalue weighted by Crippen LogP contribution is 2.29. The Balaban J connectivity index is 1.65. The van der Waals surface area contributed by atoms with Crippen LogP contribution in [0.4, 0.5) is 0 Å². The van der Waals surface area contributed by atoms with Gasteiger partial charge in [-0.05, 0) is 37.8 Å². The first-order chi connectivity index (χ1) is 10.3. The molecule has 1 N–H and O–H groups in total. The van der Waals surface area contributed by atoms with Crippen molar-refractivity contribution in [1.82, 2.24) is 5.32 Å². The lowest BCUT2D eigenvalue weighted by atomic mass is 9.84. The number of nitrogens with one attached hydrogen (secondary N) is 1. The highest BCUT2D eigenvalue weighted by molar-refractivity contribution is 5.83. The summed E-state index contributed by atoms with van der Waals surface area (Å²) >= 11 is 0. The summed E-state index contributed by atoms with van der Waals surface area (Å²) in [6, 6.07) is 8.67. The van der Waals surface area contributed by atoms with Crippen molar-refractivity contribution in [3.63, 3.8) is 0 Å². The molecule has 0 saturated heterocycles. The van der Waals surface area contributed by atoms with E-state index in [4.69, 9.17) is 9.15 Å². The van der Waals surface area contributed by atoms with Gasteiger partial charge < -0.3 is 14.5 Å². The number of furan rings is 1. The zero-order valence-corrected chi connectivity index (χ0v) is 13.0. The van der Waals surface area contributed by atoms with Crippen molar-refractivity contribution in [2.24, 2.45) is 5.92 Å². The summed E-state index contributed by atoms with van der Waals surface area (Å²) in [5, 5.41) is 4.74. The lowest BCUT2D eigenvalue weighted by Gasteiger charge is -2.28. The standard InChI is InChI=1S/C18H25NO2/c1-13(14-7-4-3-5-8-14)19-12-16-11-15-9-6-10-17(20-2)18(15)21-16/h6,9-11,13-14,19H,3-5,7-8,12H2,1-2H3. The Bertz CT molecular complexity index is 584. The first-order valence-electron chi connectivity index (χ1n) is 8.06. The monoisotopic (exact) mass is 287 g/mol. The minimum atomic E-state index is 0.556. The third-order valence-corrected chi connectivity index (χ3v) is 4.73. The predicted octanol–water partition coefficient (Wildman–Crippen LogP) is 4.50. The normalized spacial score (nSPS) is 18.0. The van der Waals surface area contributed by atoms with Gasteiger partial charge in [0, 0.05) is 11.4 Å². The molecule has 1 aliphatic carbocycles. The minimum Gasteiger partial charge on any atom is -0.493 e. The topological polar surface area (TPSA) is 34.4 Å². The van der Waals surface area contributed by atoms with Gasteiger partial charge in [0.25, 0.3) is 0 Å². The van der Waals surface area contributed by atoms with Crippen molar-refractivity contribution in [3.8, 4) is 5.75 Å². The van der Waals surface area contributed by atoms with Gasteiger partial charge in [-0.1, -0.05) is 31.4 Å². The predicted molar refractivity (Wildman–Crippen MR) is 85.6 cm³/mol. The molecule has 1 saturated carbocycles. The maximum Gasteiger partial charge on any atom is 0.176 e. The molecule has 1 aromatic carbocycles. The maximum absolute atomic E-state index is 5.94. The number of rotatable bonds is 5. The lowest BCUT2D eigenvalue weighted by molar-refractivity contribution is 0.276. The van der Waals surface area contributed by atoms with E-state index in [2.05, 4.69) is 24.4 Å². The molecule has 0 amide bonds. The Labute approximate surface area is 126 Å². The molecule has 0 radical (unpaired) electrons. The van der Waals surface area contributed by atoms with Gasteiger partial charge in [0.1, 0.15) is 5.76 Å². The van der Waals surface area contributed by atoms with E-state index in [9.17, 15) is 0 Å². The second-order valence-corrected chi connectivity index (χ2v) is 6.16. The van der Waals surface area contributed by atoms with E-state index in [0.717, 1.165) is 34.9 Å². The van der Waals surface area contributed by atoms with Crippen LogP contribution in [-0.2, 0) is 6.54 Å². The summed E-state index contributed by atoms with van der Waals surface area (Å²) in [7, 11) is 1.68. The summed E-state index contributed by atoms with van der Waals surface area (Å²) < 4.78 is 11.3. The molecule has 1 aromatic heterocycles. The van der Waals surface area contributed by atoms with Crippen LogP contribution in [0.2, 0.25) is 0 Å². The van der Waals surface area contributed by atoms with Gasteiger partial charge in [-0.15, -0.1) is 0 Å². The minimum absolute atomic E-state index is 0.556. The van der Waals surface area contributed by atoms with Gasteiger partial charge in [0.2, 0.25) is 0 Å². The molecular weight excluding hydrogens is 262 g/mol. The van der Waals surface area contributed by atoms with Crippen LogP contribution in [0.1, 0.15) is 44.8 Å². The van der Waals surface area contributed by atoms with Gasteiger partial charge in [0.15, 0.2) is 11.3 Å². The fourth-order valence-corrected chi connectivity index (χ4v) is 3.40. The van der Waals surface area contributed by atoms with Crippen LogP contribution in [0.5, 0.6) is 5.75 Å². The number of ether oxygens (including phenoxy) is 1. The molecule has 1 atom stereocenters. The second kappa shape index (κ2) is 6.52. The number of fused-ring (bicyclic) bond motifs is 1. The third kappa shape index (κ3) is 3.24. The third-order valence-electron chi connectivity index (χ3n) is 4.73. The van der Waals surface area contributed by atoms with E-state index in [1.165, 1.54) is 32.1 Å². The van der Waals surface area contributed by atoms with Crippen LogP contribution in [0.15, 0.2) is 28.7 Å². The molecule has 3 rings (SSSR count). The van der Waals surface area contributed by atoms with Crippen molar-refractivity contribution in [1.29, 1.82) is 0 Å². The summed E-state index contributed by atoms with van der Waals surface area (Å²) in [5.41, 5.74) is 0.849. The van der Waals surface area contributed by atoms with Crippen molar-refractivity contribution in [2.45, 2.75) is 51.6 Å². The van der Waals surface area contributed by atoms with Crippen LogP contribution in [0, 0.1) is 5.92 Å². The van der Waals surface area contributed by atoms with Crippen molar-refractivity contribution in [3.05, 3.63) is 30.0 Å². The fourth-order valence-electron chi connectivity index (χ4n) is 3.40. The number of hydrogen-bond donors (Lipinski definition) is 1. The fraction of sp³-hybridized carbons (Fsp3) is 0.556. The smallest absolute Gasteiger partial charge is 0.176 e. The molecule has 1 unspecified atom stereocenters. The van der Waals surface area contributed by atoms with Gasteiger partial charge in [-0.2, -0.15) is 0 Å². The van der Waals surface area contributed by atoms with Gasteiger partial charge in [-0.25, -0.2) is 0 Å². The lowest BCUT2D eigenvalue weighted by Crippen LogP contribution is -2.34. The van der Waals surface area contributed by atoms with Gasteiger partial charge in [-0.3, -0.25) is 0 Å². The number of methoxy groups -OCH3 is 1. The highest BCUT2D eigenvalue weighted by Gasteiger charge is 2.20. The summed E-state index contributed by atoms with van der Waals surface area (Å²) in [6.07, 6.45) is 6.91. The molecule has 114 valence electrons. The molecular formula is C18H25NO2. The second-order valence-electron chi connectivity index (χ2n) is 6.16. The summed E-state index contributed by atoms with van der Waals surface area (Å²) in [5.74, 6) is 2.61. The summed E-state index contributed by atoms with van der Waals surface area (Å²) in [4.78, 5) is 0. The number of benzene rings is 1. The van der Waals surface area contributed by atoms with Crippen LogP contribution < -0.4 is 10.1 Å². The molecule has 0 bridgehead atoms. The zero-order valence-electron chi connectivity index (χ0n) is 13.0. The molecule has 3 nitrogen and oxygen atoms in total. The van der Waals surface area contributed by atoms with Crippen molar-refractivity contribution >= 4 is 11.0 Å². The van der Waals surface area contributed by atoms with Crippen LogP contribution >= 0.6 is 0 Å². The Morgan fingerprint density at radius 1 is 1.29 bits per heavy atom. The molecule has 2 aromatic rings. The van der Waals surface area contributed by atoms with Crippen molar-refractivity contribution < 1.29 is 9.15 Å². The molecule has 3 heteroatoms. The zero-order chi connectivity index (χ0) is 14.7. The molecule has 0 spiro atoms. The van der Waals surface area contributed by atoms with E-state index < -0.39 is 0 Å².